The lowest BCUT2D eigenvalue weighted by molar-refractivity contribution is 0.0525. The normalized spacial score (nSPS) is 10.8. The van der Waals surface area contributed by atoms with E-state index in [0.717, 1.165) is 11.3 Å². The predicted octanol–water partition coefficient (Wildman–Crippen LogP) is 1.50. The molecule has 0 amide bonds. The van der Waals surface area contributed by atoms with E-state index in [1.165, 1.54) is 16.4 Å². The van der Waals surface area contributed by atoms with Crippen LogP contribution >= 0.6 is 11.8 Å². The summed E-state index contributed by atoms with van der Waals surface area (Å²) >= 11 is 1.40. The van der Waals surface area contributed by atoms with Gasteiger partial charge in [-0.05, 0) is 32.6 Å². The summed E-state index contributed by atoms with van der Waals surface area (Å²) in [4.78, 5) is 15.1. The number of aryl methyl sites for hydroxylation is 1. The first kappa shape index (κ1) is 14.4. The fraction of sp³-hybridized carbons (Fsp3) is 0.417. The standard InChI is InChI=1S/C12H17N5O2S/c1-5-19-11(18)8-6(2)9(14-7(8)3)10-15-16-12(20-4)17(10)13/h14H,5,13H2,1-4H3. The first-order valence-corrected chi connectivity index (χ1v) is 7.34. The van der Waals surface area contributed by atoms with E-state index in [1.54, 1.807) is 6.92 Å². The molecule has 0 aliphatic rings. The van der Waals surface area contributed by atoms with Gasteiger partial charge in [-0.1, -0.05) is 11.8 Å². The molecule has 7 nitrogen and oxygen atoms in total. The van der Waals surface area contributed by atoms with Crippen LogP contribution in [0.4, 0.5) is 0 Å². The molecule has 20 heavy (non-hydrogen) atoms. The number of aromatic amines is 1. The number of aromatic nitrogens is 4. The molecule has 2 aromatic rings. The highest BCUT2D eigenvalue weighted by atomic mass is 32.2. The Kier molecular flexibility index (Phi) is 4.03. The Morgan fingerprint density at radius 1 is 1.45 bits per heavy atom. The molecule has 0 fully saturated rings. The number of carbonyl (C=O) groups is 1. The fourth-order valence-corrected chi connectivity index (χ4v) is 2.48. The quantitative estimate of drug-likeness (QED) is 0.504. The second-order valence-corrected chi connectivity index (χ2v) is 5.00. The number of carbonyl (C=O) groups excluding carboxylic acids is 1. The molecule has 0 spiro atoms. The zero-order chi connectivity index (χ0) is 14.9. The maximum Gasteiger partial charge on any atom is 0.340 e. The van der Waals surface area contributed by atoms with Gasteiger partial charge in [-0.15, -0.1) is 10.2 Å². The van der Waals surface area contributed by atoms with Crippen molar-refractivity contribution < 1.29 is 9.53 Å². The number of H-pyrrole nitrogens is 1. The van der Waals surface area contributed by atoms with Crippen LogP contribution in [0.15, 0.2) is 5.16 Å². The second-order valence-electron chi connectivity index (χ2n) is 4.23. The average molecular weight is 295 g/mol. The Morgan fingerprint density at radius 2 is 2.15 bits per heavy atom. The monoisotopic (exact) mass is 295 g/mol. The molecule has 0 atom stereocenters. The van der Waals surface area contributed by atoms with Crippen molar-refractivity contribution in [3.05, 3.63) is 16.8 Å². The van der Waals surface area contributed by atoms with Gasteiger partial charge in [-0.3, -0.25) is 0 Å². The Morgan fingerprint density at radius 3 is 2.70 bits per heavy atom. The molecule has 8 heteroatoms. The van der Waals surface area contributed by atoms with E-state index in [1.807, 2.05) is 20.1 Å². The summed E-state index contributed by atoms with van der Waals surface area (Å²) in [7, 11) is 0. The molecule has 0 aliphatic carbocycles. The topological polar surface area (TPSA) is 98.8 Å². The lowest BCUT2D eigenvalue weighted by Crippen LogP contribution is -2.12. The van der Waals surface area contributed by atoms with Crippen LogP contribution < -0.4 is 5.84 Å². The van der Waals surface area contributed by atoms with Gasteiger partial charge in [0.1, 0.15) is 0 Å². The molecule has 0 radical (unpaired) electrons. The Bertz CT molecular complexity index is 647. The van der Waals surface area contributed by atoms with Gasteiger partial charge in [0.15, 0.2) is 5.82 Å². The third-order valence-electron chi connectivity index (χ3n) is 2.99. The molecule has 0 unspecified atom stereocenters. The molecule has 3 N–H and O–H groups in total. The number of nitrogens with zero attached hydrogens (tertiary/aromatic N) is 3. The van der Waals surface area contributed by atoms with Crippen molar-refractivity contribution in [2.45, 2.75) is 25.9 Å². The highest BCUT2D eigenvalue weighted by Crippen LogP contribution is 2.27. The van der Waals surface area contributed by atoms with Crippen molar-refractivity contribution in [1.29, 1.82) is 0 Å². The Balaban J connectivity index is 2.51. The van der Waals surface area contributed by atoms with E-state index in [9.17, 15) is 4.79 Å². The van der Waals surface area contributed by atoms with E-state index in [4.69, 9.17) is 10.6 Å². The molecule has 0 bridgehead atoms. The van der Waals surface area contributed by atoms with Crippen molar-refractivity contribution in [3.63, 3.8) is 0 Å². The Labute approximate surface area is 120 Å². The number of thioether (sulfide) groups is 1. The molecule has 108 valence electrons. The second kappa shape index (κ2) is 5.58. The summed E-state index contributed by atoms with van der Waals surface area (Å²) < 4.78 is 6.46. The fourth-order valence-electron chi connectivity index (χ4n) is 2.07. The van der Waals surface area contributed by atoms with Crippen LogP contribution in [0.25, 0.3) is 11.5 Å². The molecule has 0 saturated carbocycles. The number of ether oxygens (including phenoxy) is 1. The third kappa shape index (κ3) is 2.26. The minimum Gasteiger partial charge on any atom is -0.462 e. The summed E-state index contributed by atoms with van der Waals surface area (Å²) in [6.07, 6.45) is 1.87. The lowest BCUT2D eigenvalue weighted by atomic mass is 10.1. The van der Waals surface area contributed by atoms with Gasteiger partial charge >= 0.3 is 5.97 Å². The van der Waals surface area contributed by atoms with Crippen molar-refractivity contribution in [3.8, 4) is 11.5 Å². The van der Waals surface area contributed by atoms with Gasteiger partial charge in [0.25, 0.3) is 0 Å². The van der Waals surface area contributed by atoms with Crippen molar-refractivity contribution in [1.82, 2.24) is 19.9 Å². The van der Waals surface area contributed by atoms with Crippen LogP contribution in [0, 0.1) is 13.8 Å². The molecule has 2 aromatic heterocycles. The molecule has 0 aliphatic heterocycles. The Hall–Kier alpha value is -1.96. The molecular formula is C12H17N5O2S. The maximum absolute atomic E-state index is 12.0. The van der Waals surface area contributed by atoms with Gasteiger partial charge in [-0.2, -0.15) is 0 Å². The number of nitrogens with two attached hydrogens (primary N) is 1. The molecule has 2 heterocycles. The van der Waals surface area contributed by atoms with Crippen molar-refractivity contribution >= 4 is 17.7 Å². The van der Waals surface area contributed by atoms with E-state index in [2.05, 4.69) is 15.2 Å². The van der Waals surface area contributed by atoms with Crippen LogP contribution in [0.2, 0.25) is 0 Å². The number of nitrogen functional groups attached to an aromatic ring is 1. The van der Waals surface area contributed by atoms with Gasteiger partial charge in [0.2, 0.25) is 5.16 Å². The van der Waals surface area contributed by atoms with Crippen LogP contribution in [0.3, 0.4) is 0 Å². The molecule has 0 aromatic carbocycles. The first-order valence-electron chi connectivity index (χ1n) is 6.12. The summed E-state index contributed by atoms with van der Waals surface area (Å²) in [5, 5.41) is 8.65. The predicted molar refractivity (Wildman–Crippen MR) is 77.2 cm³/mol. The molecule has 0 saturated heterocycles. The summed E-state index contributed by atoms with van der Waals surface area (Å²) in [5.41, 5.74) is 2.69. The third-order valence-corrected chi connectivity index (χ3v) is 3.63. The number of rotatable bonds is 4. The zero-order valence-corrected chi connectivity index (χ0v) is 12.7. The van der Waals surface area contributed by atoms with E-state index < -0.39 is 0 Å². The number of hydrogen-bond donors (Lipinski definition) is 2. The smallest absolute Gasteiger partial charge is 0.340 e. The van der Waals surface area contributed by atoms with Gasteiger partial charge in [-0.25, -0.2) is 9.47 Å². The van der Waals surface area contributed by atoms with E-state index in [-0.39, 0.29) is 5.97 Å². The van der Waals surface area contributed by atoms with E-state index >= 15 is 0 Å². The van der Waals surface area contributed by atoms with Crippen LogP contribution in [-0.2, 0) is 4.74 Å². The SMILES string of the molecule is CCOC(=O)c1c(C)[nH]c(-c2nnc(SC)n2N)c1C. The largest absolute Gasteiger partial charge is 0.462 e. The zero-order valence-electron chi connectivity index (χ0n) is 11.9. The minimum atomic E-state index is -0.349. The lowest BCUT2D eigenvalue weighted by Gasteiger charge is -2.03. The van der Waals surface area contributed by atoms with Crippen molar-refractivity contribution in [2.24, 2.45) is 0 Å². The average Bonchev–Trinajstić information content (AvgIpc) is 2.90. The summed E-state index contributed by atoms with van der Waals surface area (Å²) in [5.74, 6) is 6.09. The number of nitrogens with one attached hydrogen (secondary N) is 1. The van der Waals surface area contributed by atoms with Crippen LogP contribution in [0.5, 0.6) is 0 Å². The number of esters is 1. The highest BCUT2D eigenvalue weighted by Gasteiger charge is 2.23. The minimum absolute atomic E-state index is 0.335. The first-order chi connectivity index (χ1) is 9.51. The van der Waals surface area contributed by atoms with Gasteiger partial charge < -0.3 is 15.6 Å². The van der Waals surface area contributed by atoms with Gasteiger partial charge in [0.05, 0.1) is 17.9 Å². The van der Waals surface area contributed by atoms with Crippen LogP contribution in [0.1, 0.15) is 28.5 Å². The molecular weight excluding hydrogens is 278 g/mol. The highest BCUT2D eigenvalue weighted by molar-refractivity contribution is 7.98. The van der Waals surface area contributed by atoms with Crippen LogP contribution in [-0.4, -0.2) is 38.7 Å². The van der Waals surface area contributed by atoms with E-state index in [0.29, 0.717) is 28.8 Å². The number of hydrogen-bond acceptors (Lipinski definition) is 6. The van der Waals surface area contributed by atoms with Crippen molar-refractivity contribution in [2.75, 3.05) is 18.7 Å². The summed E-state index contributed by atoms with van der Waals surface area (Å²) in [6, 6.07) is 0. The maximum atomic E-state index is 12.0. The van der Waals surface area contributed by atoms with Gasteiger partial charge in [0, 0.05) is 5.69 Å². The molecule has 2 rings (SSSR count). The summed E-state index contributed by atoms with van der Waals surface area (Å²) in [6.45, 7) is 5.76.